The van der Waals surface area contributed by atoms with Gasteiger partial charge >= 0.3 is 0 Å². The number of nitrogens with zero attached hydrogens (tertiary/aromatic N) is 4. The summed E-state index contributed by atoms with van der Waals surface area (Å²) in [6.07, 6.45) is 3.01. The van der Waals surface area contributed by atoms with Crippen LogP contribution in [0, 0.1) is 11.3 Å². The first kappa shape index (κ1) is 9.42. The Kier molecular flexibility index (Phi) is 3.17. The van der Waals surface area contributed by atoms with E-state index >= 15 is 0 Å². The average molecular weight is 177 g/mol. The van der Waals surface area contributed by atoms with E-state index in [1.54, 1.807) is 6.20 Å². The number of hydrogen-bond donors (Lipinski definition) is 1. The molecule has 1 aromatic heterocycles. The zero-order valence-electron chi connectivity index (χ0n) is 7.44. The molecule has 0 saturated heterocycles. The van der Waals surface area contributed by atoms with E-state index in [4.69, 9.17) is 11.0 Å². The fourth-order valence-electron chi connectivity index (χ4n) is 0.884. The minimum Gasteiger partial charge on any atom is -0.357 e. The van der Waals surface area contributed by atoms with Gasteiger partial charge in [-0.3, -0.25) is 0 Å². The SMILES string of the molecule is CN(CCN)c1cnc(C#N)cn1. The summed E-state index contributed by atoms with van der Waals surface area (Å²) in [5.41, 5.74) is 5.70. The highest BCUT2D eigenvalue weighted by molar-refractivity contribution is 5.35. The Morgan fingerprint density at radius 3 is 2.77 bits per heavy atom. The molecular formula is C8H11N5. The lowest BCUT2D eigenvalue weighted by Crippen LogP contribution is -2.25. The first-order valence-corrected chi connectivity index (χ1v) is 3.91. The summed E-state index contributed by atoms with van der Waals surface area (Å²) in [6.45, 7) is 1.29. The smallest absolute Gasteiger partial charge is 0.158 e. The molecule has 0 saturated carbocycles. The monoisotopic (exact) mass is 177 g/mol. The summed E-state index contributed by atoms with van der Waals surface area (Å²) in [4.78, 5) is 9.83. The molecule has 5 nitrogen and oxygen atoms in total. The largest absolute Gasteiger partial charge is 0.357 e. The molecule has 0 unspecified atom stereocenters. The van der Waals surface area contributed by atoms with Crippen molar-refractivity contribution < 1.29 is 0 Å². The molecule has 0 atom stereocenters. The maximum atomic E-state index is 8.48. The molecule has 0 aliphatic heterocycles. The second-order valence-electron chi connectivity index (χ2n) is 2.58. The number of rotatable bonds is 3. The third-order valence-electron chi connectivity index (χ3n) is 1.61. The van der Waals surface area contributed by atoms with Crippen molar-refractivity contribution in [3.05, 3.63) is 18.1 Å². The molecule has 0 fully saturated rings. The van der Waals surface area contributed by atoms with Crippen molar-refractivity contribution in [3.8, 4) is 6.07 Å². The molecule has 0 radical (unpaired) electrons. The predicted octanol–water partition coefficient (Wildman–Crippen LogP) is -0.257. The van der Waals surface area contributed by atoms with Crippen molar-refractivity contribution >= 4 is 5.82 Å². The van der Waals surface area contributed by atoms with E-state index in [9.17, 15) is 0 Å². The normalized spacial score (nSPS) is 9.31. The minimum absolute atomic E-state index is 0.324. The van der Waals surface area contributed by atoms with Crippen LogP contribution in [0.4, 0.5) is 5.82 Å². The van der Waals surface area contributed by atoms with Gasteiger partial charge in [0.05, 0.1) is 12.4 Å². The maximum absolute atomic E-state index is 8.48. The Morgan fingerprint density at radius 2 is 2.31 bits per heavy atom. The average Bonchev–Trinajstić information content (AvgIpc) is 2.18. The van der Waals surface area contributed by atoms with Crippen molar-refractivity contribution in [3.63, 3.8) is 0 Å². The first-order chi connectivity index (χ1) is 6.27. The van der Waals surface area contributed by atoms with Crippen LogP contribution in [0.2, 0.25) is 0 Å². The van der Waals surface area contributed by atoms with Crippen LogP contribution in [-0.4, -0.2) is 30.1 Å². The first-order valence-electron chi connectivity index (χ1n) is 3.91. The number of anilines is 1. The van der Waals surface area contributed by atoms with Crippen molar-refractivity contribution in [1.29, 1.82) is 5.26 Å². The van der Waals surface area contributed by atoms with Crippen molar-refractivity contribution in [2.24, 2.45) is 5.73 Å². The van der Waals surface area contributed by atoms with Crippen LogP contribution < -0.4 is 10.6 Å². The van der Waals surface area contributed by atoms with Gasteiger partial charge in [0.25, 0.3) is 0 Å². The number of nitriles is 1. The number of aromatic nitrogens is 2. The van der Waals surface area contributed by atoms with Crippen LogP contribution in [0.25, 0.3) is 0 Å². The lowest BCUT2D eigenvalue weighted by molar-refractivity contribution is 0.862. The van der Waals surface area contributed by atoms with Crippen LogP contribution in [0.3, 0.4) is 0 Å². The molecule has 2 N–H and O–H groups in total. The standard InChI is InChI=1S/C8H11N5/c1-13(3-2-9)8-6-11-7(4-10)5-12-8/h5-6H,2-3,9H2,1H3. The molecular weight excluding hydrogens is 166 g/mol. The highest BCUT2D eigenvalue weighted by Crippen LogP contribution is 2.04. The summed E-state index contributed by atoms with van der Waals surface area (Å²) < 4.78 is 0. The molecule has 13 heavy (non-hydrogen) atoms. The van der Waals surface area contributed by atoms with Crippen LogP contribution in [0.5, 0.6) is 0 Å². The summed E-state index contributed by atoms with van der Waals surface area (Å²) in [7, 11) is 1.88. The molecule has 0 spiro atoms. The van der Waals surface area contributed by atoms with E-state index in [2.05, 4.69) is 9.97 Å². The van der Waals surface area contributed by atoms with Gasteiger partial charge in [-0.2, -0.15) is 5.26 Å². The van der Waals surface area contributed by atoms with Crippen LogP contribution in [0.1, 0.15) is 5.69 Å². The topological polar surface area (TPSA) is 78.8 Å². The van der Waals surface area contributed by atoms with Crippen molar-refractivity contribution in [2.45, 2.75) is 0 Å². The molecule has 68 valence electrons. The van der Waals surface area contributed by atoms with E-state index in [1.165, 1.54) is 6.20 Å². The van der Waals surface area contributed by atoms with Gasteiger partial charge in [0.2, 0.25) is 0 Å². The Bertz CT molecular complexity index is 299. The van der Waals surface area contributed by atoms with Gasteiger partial charge in [0.1, 0.15) is 11.9 Å². The molecule has 0 aliphatic rings. The van der Waals surface area contributed by atoms with Crippen LogP contribution in [0.15, 0.2) is 12.4 Å². The fraction of sp³-hybridized carbons (Fsp3) is 0.375. The zero-order valence-corrected chi connectivity index (χ0v) is 7.44. The van der Waals surface area contributed by atoms with E-state index in [0.29, 0.717) is 12.2 Å². The Balaban J connectivity index is 2.75. The van der Waals surface area contributed by atoms with E-state index in [1.807, 2.05) is 18.0 Å². The van der Waals surface area contributed by atoms with Crippen molar-refractivity contribution in [2.75, 3.05) is 25.0 Å². The van der Waals surface area contributed by atoms with Crippen molar-refractivity contribution in [1.82, 2.24) is 9.97 Å². The highest BCUT2D eigenvalue weighted by Gasteiger charge is 2.01. The summed E-state index contributed by atoms with van der Waals surface area (Å²) in [5, 5.41) is 8.48. The van der Waals surface area contributed by atoms with E-state index in [0.717, 1.165) is 12.4 Å². The van der Waals surface area contributed by atoms with Gasteiger partial charge in [0.15, 0.2) is 5.69 Å². The molecule has 1 rings (SSSR count). The second kappa shape index (κ2) is 4.38. The van der Waals surface area contributed by atoms with Gasteiger partial charge < -0.3 is 10.6 Å². The van der Waals surface area contributed by atoms with Gasteiger partial charge in [-0.05, 0) is 0 Å². The molecule has 5 heteroatoms. The summed E-state index contributed by atoms with van der Waals surface area (Å²) in [6, 6.07) is 1.91. The molecule has 1 heterocycles. The second-order valence-corrected chi connectivity index (χ2v) is 2.58. The third kappa shape index (κ3) is 2.39. The zero-order chi connectivity index (χ0) is 9.68. The van der Waals surface area contributed by atoms with Gasteiger partial charge in [0, 0.05) is 20.1 Å². The molecule has 0 bridgehead atoms. The molecule has 0 aromatic carbocycles. The molecule has 1 aromatic rings. The Hall–Kier alpha value is -1.67. The quantitative estimate of drug-likeness (QED) is 0.688. The lowest BCUT2D eigenvalue weighted by Gasteiger charge is -2.15. The number of nitrogens with two attached hydrogens (primary N) is 1. The van der Waals surface area contributed by atoms with E-state index in [-0.39, 0.29) is 0 Å². The molecule has 0 amide bonds. The van der Waals surface area contributed by atoms with Gasteiger partial charge in [-0.25, -0.2) is 9.97 Å². The predicted molar refractivity (Wildman–Crippen MR) is 49.1 cm³/mol. The fourth-order valence-corrected chi connectivity index (χ4v) is 0.884. The van der Waals surface area contributed by atoms with E-state index < -0.39 is 0 Å². The number of hydrogen-bond acceptors (Lipinski definition) is 5. The van der Waals surface area contributed by atoms with Gasteiger partial charge in [-0.15, -0.1) is 0 Å². The van der Waals surface area contributed by atoms with Crippen LogP contribution in [-0.2, 0) is 0 Å². The Morgan fingerprint density at radius 1 is 1.54 bits per heavy atom. The third-order valence-corrected chi connectivity index (χ3v) is 1.61. The number of likely N-dealkylation sites (N-methyl/N-ethyl adjacent to an activating group) is 1. The van der Waals surface area contributed by atoms with Crippen LogP contribution >= 0.6 is 0 Å². The summed E-state index contributed by atoms with van der Waals surface area (Å²) >= 11 is 0. The summed E-state index contributed by atoms with van der Waals surface area (Å²) in [5.74, 6) is 0.726. The minimum atomic E-state index is 0.324. The Labute approximate surface area is 76.8 Å². The highest BCUT2D eigenvalue weighted by atomic mass is 15.2. The lowest BCUT2D eigenvalue weighted by atomic mass is 10.4. The van der Waals surface area contributed by atoms with Gasteiger partial charge in [-0.1, -0.05) is 0 Å². The molecule has 0 aliphatic carbocycles. The maximum Gasteiger partial charge on any atom is 0.158 e.